The Morgan fingerprint density at radius 3 is 1.96 bits per heavy atom. The third-order valence-electron chi connectivity index (χ3n) is 6.78. The second-order valence-electron chi connectivity index (χ2n) is 9.72. The fraction of sp³-hybridized carbons (Fsp3) is 0.680. The summed E-state index contributed by atoms with van der Waals surface area (Å²) in [6.07, 6.45) is 9.71. The Bertz CT molecular complexity index is 759. The summed E-state index contributed by atoms with van der Waals surface area (Å²) in [5.74, 6) is 0. The van der Waals surface area contributed by atoms with Gasteiger partial charge in [0.05, 0.1) is 0 Å². The quantitative estimate of drug-likeness (QED) is 0.274. The van der Waals surface area contributed by atoms with Crippen LogP contribution in [0.5, 0.6) is 0 Å². The molecule has 0 unspecified atom stereocenters. The molecule has 0 fully saturated rings. The number of hydrogen-bond donors (Lipinski definition) is 0. The molecule has 0 N–H and O–H groups in total. The van der Waals surface area contributed by atoms with Crippen LogP contribution in [0, 0.1) is 6.92 Å². The number of hydrogen-bond acceptors (Lipinski definition) is 2. The first-order chi connectivity index (χ1) is 13.4. The molecule has 0 spiro atoms. The third kappa shape index (κ3) is 4.59. The van der Waals surface area contributed by atoms with Crippen molar-refractivity contribution >= 4 is 43.9 Å². The van der Waals surface area contributed by atoms with E-state index in [1.807, 2.05) is 14.2 Å². The molecule has 3 rings (SSSR count). The van der Waals surface area contributed by atoms with Crippen LogP contribution in [-0.2, 0) is 11.8 Å². The normalized spacial score (nSPS) is 15.5. The van der Waals surface area contributed by atoms with Crippen LogP contribution >= 0.6 is 22.7 Å². The fourth-order valence-corrected chi connectivity index (χ4v) is 26.8. The predicted octanol–water partition coefficient (Wildman–Crippen LogP) is 8.67. The van der Waals surface area contributed by atoms with Crippen molar-refractivity contribution in [2.75, 3.05) is 0 Å². The Morgan fingerprint density at radius 1 is 0.857 bits per heavy atom. The van der Waals surface area contributed by atoms with Crippen molar-refractivity contribution in [3.05, 3.63) is 28.1 Å². The average Bonchev–Trinajstić information content (AvgIpc) is 3.25. The van der Waals surface area contributed by atoms with E-state index in [2.05, 4.69) is 65.0 Å². The van der Waals surface area contributed by atoms with Crippen LogP contribution in [0.1, 0.15) is 89.1 Å². The molecule has 0 aromatic carbocycles. The van der Waals surface area contributed by atoms with Gasteiger partial charge in [0.15, 0.2) is 0 Å². The Morgan fingerprint density at radius 2 is 1.43 bits per heavy atom. The molecule has 0 amide bonds. The molecule has 0 atom stereocenters. The molecule has 2 aromatic rings. The van der Waals surface area contributed by atoms with E-state index in [0.29, 0.717) is 5.41 Å². The SMILES string of the molecule is CCC[CH2][Sn]([CH2]CCC)([CH2]CCC)[c]1cc2c(s1)-c1sc(C)cc1C(C)(C)C2. The zero-order valence-electron chi connectivity index (χ0n) is 19.0. The monoisotopic (exact) mass is 524 g/mol. The first-order valence-corrected chi connectivity index (χ1v) is 20.7. The van der Waals surface area contributed by atoms with Gasteiger partial charge in [0, 0.05) is 0 Å². The van der Waals surface area contributed by atoms with Crippen molar-refractivity contribution in [2.24, 2.45) is 0 Å². The van der Waals surface area contributed by atoms with E-state index in [1.54, 1.807) is 34.2 Å². The number of aryl methyl sites for hydroxylation is 1. The van der Waals surface area contributed by atoms with E-state index in [-0.39, 0.29) is 0 Å². The zero-order valence-corrected chi connectivity index (χ0v) is 23.5. The third-order valence-corrected chi connectivity index (χ3v) is 27.4. The first kappa shape index (κ1) is 22.9. The summed E-state index contributed by atoms with van der Waals surface area (Å²) in [6.45, 7) is 14.4. The predicted molar refractivity (Wildman–Crippen MR) is 134 cm³/mol. The van der Waals surface area contributed by atoms with Gasteiger partial charge in [-0.15, -0.1) is 0 Å². The van der Waals surface area contributed by atoms with Gasteiger partial charge >= 0.3 is 187 Å². The van der Waals surface area contributed by atoms with Crippen LogP contribution in [0.2, 0.25) is 13.3 Å². The van der Waals surface area contributed by atoms with Gasteiger partial charge in [0.25, 0.3) is 0 Å². The van der Waals surface area contributed by atoms with E-state index in [4.69, 9.17) is 0 Å². The van der Waals surface area contributed by atoms with Gasteiger partial charge in [0.1, 0.15) is 0 Å². The van der Waals surface area contributed by atoms with Gasteiger partial charge in [-0.3, -0.25) is 0 Å². The van der Waals surface area contributed by atoms with E-state index in [0.717, 1.165) is 0 Å². The van der Waals surface area contributed by atoms with E-state index >= 15 is 0 Å². The van der Waals surface area contributed by atoms with Gasteiger partial charge in [-0.25, -0.2) is 0 Å². The zero-order chi connectivity index (χ0) is 20.4. The minimum atomic E-state index is -2.31. The molecule has 0 nitrogen and oxygen atoms in total. The molecule has 28 heavy (non-hydrogen) atoms. The van der Waals surface area contributed by atoms with Crippen LogP contribution in [0.25, 0.3) is 9.75 Å². The van der Waals surface area contributed by atoms with Gasteiger partial charge in [0.2, 0.25) is 0 Å². The summed E-state index contributed by atoms with van der Waals surface area (Å²) in [4.78, 5) is 4.76. The molecule has 0 saturated heterocycles. The number of unbranched alkanes of at least 4 members (excludes halogenated alkanes) is 3. The van der Waals surface area contributed by atoms with Crippen LogP contribution in [0.4, 0.5) is 0 Å². The van der Waals surface area contributed by atoms with Gasteiger partial charge in [-0.05, 0) is 0 Å². The molecule has 3 heteroatoms. The summed E-state index contributed by atoms with van der Waals surface area (Å²) in [7, 11) is 0. The standard InChI is InChI=1S/C13H13S2.3C4H9.Sn/c1-8-6-10-12(15-8)11-9(4-5-14-11)7-13(10,2)3;3*1-3-4-2;/h4,6H,7H2,1-3H3;3*1,3-4H2,2H3;. The van der Waals surface area contributed by atoms with Crippen LogP contribution in [0.15, 0.2) is 12.1 Å². The Hall–Kier alpha value is 0.199. The average molecular weight is 523 g/mol. The van der Waals surface area contributed by atoms with E-state index in [9.17, 15) is 0 Å². The summed E-state index contributed by atoms with van der Waals surface area (Å²) in [6, 6.07) is 5.22. The maximum absolute atomic E-state index is 2.75. The molecule has 0 saturated carbocycles. The fourth-order valence-electron chi connectivity index (χ4n) is 5.06. The van der Waals surface area contributed by atoms with Gasteiger partial charge in [-0.1, -0.05) is 0 Å². The summed E-state index contributed by atoms with van der Waals surface area (Å²) in [5, 5.41) is 0. The molecular weight excluding hydrogens is 483 g/mol. The van der Waals surface area contributed by atoms with Crippen molar-refractivity contribution in [3.63, 3.8) is 0 Å². The van der Waals surface area contributed by atoms with Gasteiger partial charge < -0.3 is 0 Å². The number of thiophene rings is 2. The Labute approximate surface area is 186 Å². The topological polar surface area (TPSA) is 0 Å². The van der Waals surface area contributed by atoms with Crippen molar-refractivity contribution in [1.82, 2.24) is 0 Å². The molecule has 2 heterocycles. The molecule has 0 radical (unpaired) electrons. The van der Waals surface area contributed by atoms with Crippen molar-refractivity contribution in [2.45, 2.75) is 105 Å². The second-order valence-corrected chi connectivity index (χ2v) is 26.2. The van der Waals surface area contributed by atoms with E-state index in [1.165, 1.54) is 49.8 Å². The molecule has 1 aliphatic carbocycles. The summed E-state index contributed by atoms with van der Waals surface area (Å²) >= 11 is 1.99. The number of rotatable bonds is 10. The van der Waals surface area contributed by atoms with Crippen molar-refractivity contribution < 1.29 is 0 Å². The maximum atomic E-state index is 2.75. The summed E-state index contributed by atoms with van der Waals surface area (Å²) < 4.78 is 6.68. The molecule has 0 bridgehead atoms. The molecule has 0 aliphatic heterocycles. The van der Waals surface area contributed by atoms with Gasteiger partial charge in [-0.2, -0.15) is 0 Å². The van der Waals surface area contributed by atoms with Crippen molar-refractivity contribution in [3.8, 4) is 9.75 Å². The second kappa shape index (κ2) is 9.56. The molecule has 2 aromatic heterocycles. The Kier molecular flexibility index (Phi) is 7.81. The molecular formula is C25H40S2Sn. The van der Waals surface area contributed by atoms with Crippen molar-refractivity contribution in [1.29, 1.82) is 0 Å². The van der Waals surface area contributed by atoms with Crippen LogP contribution < -0.4 is 2.89 Å². The summed E-state index contributed by atoms with van der Waals surface area (Å²) in [5.41, 5.74) is 3.59. The number of fused-ring (bicyclic) bond motifs is 3. The first-order valence-electron chi connectivity index (χ1n) is 11.6. The minimum absolute atomic E-state index is 0.292. The van der Waals surface area contributed by atoms with E-state index < -0.39 is 18.4 Å². The van der Waals surface area contributed by atoms with Crippen LogP contribution in [0.3, 0.4) is 0 Å². The molecule has 156 valence electrons. The van der Waals surface area contributed by atoms with Crippen LogP contribution in [-0.4, -0.2) is 18.4 Å². The molecule has 1 aliphatic rings. The Balaban J connectivity index is 2.06.